The van der Waals surface area contributed by atoms with Gasteiger partial charge in [-0.1, -0.05) is 41.9 Å². The van der Waals surface area contributed by atoms with Gasteiger partial charge in [-0.2, -0.15) is 0 Å². The molecule has 1 N–H and O–H groups in total. The molecule has 0 heterocycles. The molecule has 0 saturated carbocycles. The summed E-state index contributed by atoms with van der Waals surface area (Å²) in [5, 5.41) is 3.71. The zero-order valence-electron chi connectivity index (χ0n) is 13.1. The molecular weight excluding hydrogens is 310 g/mol. The van der Waals surface area contributed by atoms with Crippen LogP contribution in [0.4, 0.5) is 0 Å². The minimum absolute atomic E-state index is 0.0675. The molecule has 23 heavy (non-hydrogen) atoms. The summed E-state index contributed by atoms with van der Waals surface area (Å²) in [4.78, 5) is 12.4. The Morgan fingerprint density at radius 2 is 2.09 bits per heavy atom. The van der Waals surface area contributed by atoms with Gasteiger partial charge in [0.25, 0.3) is 5.91 Å². The number of hydrogen-bond donors (Lipinski definition) is 1. The largest absolute Gasteiger partial charge is 0.481 e. The summed E-state index contributed by atoms with van der Waals surface area (Å²) in [6.07, 6.45) is 2.57. The summed E-state index contributed by atoms with van der Waals surface area (Å²) < 4.78 is 5.69. The van der Waals surface area contributed by atoms with E-state index in [1.165, 1.54) is 11.1 Å². The van der Waals surface area contributed by atoms with E-state index in [4.69, 9.17) is 16.3 Å². The third-order valence-electron chi connectivity index (χ3n) is 4.16. The van der Waals surface area contributed by atoms with Crippen molar-refractivity contribution in [3.63, 3.8) is 0 Å². The van der Waals surface area contributed by atoms with Crippen LogP contribution >= 0.6 is 11.6 Å². The van der Waals surface area contributed by atoms with Gasteiger partial charge in [0.1, 0.15) is 5.75 Å². The third kappa shape index (κ3) is 3.85. The predicted octanol–water partition coefficient (Wildman–Crippen LogP) is 4.30. The van der Waals surface area contributed by atoms with Crippen molar-refractivity contribution < 1.29 is 9.53 Å². The Kier molecular flexibility index (Phi) is 4.87. The Labute approximate surface area is 141 Å². The van der Waals surface area contributed by atoms with Gasteiger partial charge in [-0.25, -0.2) is 0 Å². The summed E-state index contributed by atoms with van der Waals surface area (Å²) in [6, 6.07) is 15.5. The normalized spacial score (nSPS) is 17.9. The Balaban J connectivity index is 1.65. The summed E-state index contributed by atoms with van der Waals surface area (Å²) in [5.41, 5.74) is 2.55. The van der Waals surface area contributed by atoms with Crippen molar-refractivity contribution in [3.05, 3.63) is 64.7 Å². The minimum atomic E-state index is -0.567. The fourth-order valence-electron chi connectivity index (χ4n) is 2.99. The number of nitrogens with one attached hydrogen (secondary N) is 1. The first-order chi connectivity index (χ1) is 11.1. The van der Waals surface area contributed by atoms with Gasteiger partial charge < -0.3 is 10.1 Å². The van der Waals surface area contributed by atoms with Gasteiger partial charge in [-0.05, 0) is 55.5 Å². The number of carbonyl (C=O) groups excluding carboxylic acids is 1. The average molecular weight is 330 g/mol. The van der Waals surface area contributed by atoms with Crippen molar-refractivity contribution in [3.8, 4) is 5.75 Å². The zero-order chi connectivity index (χ0) is 16.2. The minimum Gasteiger partial charge on any atom is -0.481 e. The van der Waals surface area contributed by atoms with Gasteiger partial charge in [-0.15, -0.1) is 0 Å². The molecule has 0 radical (unpaired) electrons. The molecule has 2 aromatic carbocycles. The molecule has 2 atom stereocenters. The van der Waals surface area contributed by atoms with Crippen LogP contribution in [-0.4, -0.2) is 12.0 Å². The molecule has 4 heteroatoms. The first-order valence-corrected chi connectivity index (χ1v) is 8.31. The smallest absolute Gasteiger partial charge is 0.261 e. The number of halogens is 1. The molecule has 0 spiro atoms. The first kappa shape index (κ1) is 15.9. The van der Waals surface area contributed by atoms with E-state index in [2.05, 4.69) is 17.4 Å². The maximum atomic E-state index is 12.4. The fourth-order valence-corrected chi connectivity index (χ4v) is 3.17. The van der Waals surface area contributed by atoms with Crippen LogP contribution in [0.3, 0.4) is 0 Å². The predicted molar refractivity (Wildman–Crippen MR) is 91.8 cm³/mol. The maximum Gasteiger partial charge on any atom is 0.261 e. The molecule has 3 nitrogen and oxygen atoms in total. The highest BCUT2D eigenvalue weighted by atomic mass is 35.5. The van der Waals surface area contributed by atoms with E-state index in [0.717, 1.165) is 19.3 Å². The van der Waals surface area contributed by atoms with Crippen LogP contribution in [0.1, 0.15) is 36.9 Å². The Morgan fingerprint density at radius 1 is 1.26 bits per heavy atom. The molecule has 0 aliphatic heterocycles. The summed E-state index contributed by atoms with van der Waals surface area (Å²) in [5.74, 6) is 0.496. The van der Waals surface area contributed by atoms with E-state index in [-0.39, 0.29) is 11.9 Å². The van der Waals surface area contributed by atoms with E-state index in [1.54, 1.807) is 31.2 Å². The lowest BCUT2D eigenvalue weighted by molar-refractivity contribution is -0.128. The standard InChI is InChI=1S/C19H20ClNO2/c1-13(23-16-9-5-8-15(20)12-16)19(22)21-18-11-4-7-14-6-2-3-10-17(14)18/h2-3,5-6,8-10,12-13,18H,4,7,11H2,1H3,(H,21,22). The lowest BCUT2D eigenvalue weighted by atomic mass is 9.87. The van der Waals surface area contributed by atoms with Crippen LogP contribution in [-0.2, 0) is 11.2 Å². The van der Waals surface area contributed by atoms with E-state index in [9.17, 15) is 4.79 Å². The maximum absolute atomic E-state index is 12.4. The summed E-state index contributed by atoms with van der Waals surface area (Å²) in [6.45, 7) is 1.75. The molecule has 1 aliphatic rings. The van der Waals surface area contributed by atoms with Crippen LogP contribution < -0.4 is 10.1 Å². The molecule has 3 rings (SSSR count). The van der Waals surface area contributed by atoms with Crippen molar-refractivity contribution in [2.45, 2.75) is 38.3 Å². The van der Waals surface area contributed by atoms with Crippen LogP contribution in [0.25, 0.3) is 0 Å². The Bertz CT molecular complexity index is 701. The number of rotatable bonds is 4. The van der Waals surface area contributed by atoms with Crippen LogP contribution in [0.15, 0.2) is 48.5 Å². The van der Waals surface area contributed by atoms with Crippen molar-refractivity contribution in [1.82, 2.24) is 5.32 Å². The second-order valence-corrected chi connectivity index (χ2v) is 6.31. The third-order valence-corrected chi connectivity index (χ3v) is 4.40. The van der Waals surface area contributed by atoms with Crippen molar-refractivity contribution in [2.24, 2.45) is 0 Å². The molecule has 0 fully saturated rings. The topological polar surface area (TPSA) is 38.3 Å². The lowest BCUT2D eigenvalue weighted by Crippen LogP contribution is -2.39. The number of carbonyl (C=O) groups is 1. The van der Waals surface area contributed by atoms with E-state index < -0.39 is 6.10 Å². The number of benzene rings is 2. The molecule has 120 valence electrons. The number of amides is 1. The van der Waals surface area contributed by atoms with Crippen LogP contribution in [0.2, 0.25) is 5.02 Å². The number of hydrogen-bond acceptors (Lipinski definition) is 2. The quantitative estimate of drug-likeness (QED) is 0.908. The number of fused-ring (bicyclic) bond motifs is 1. The van der Waals surface area contributed by atoms with Crippen molar-refractivity contribution in [2.75, 3.05) is 0 Å². The molecule has 2 unspecified atom stereocenters. The first-order valence-electron chi connectivity index (χ1n) is 7.94. The van der Waals surface area contributed by atoms with E-state index in [0.29, 0.717) is 10.8 Å². The Hall–Kier alpha value is -2.00. The van der Waals surface area contributed by atoms with Gasteiger partial charge >= 0.3 is 0 Å². The van der Waals surface area contributed by atoms with Gasteiger partial charge in [0.15, 0.2) is 6.10 Å². The zero-order valence-corrected chi connectivity index (χ0v) is 13.8. The molecule has 0 bridgehead atoms. The molecule has 0 saturated heterocycles. The highest BCUT2D eigenvalue weighted by Gasteiger charge is 2.24. The second-order valence-electron chi connectivity index (χ2n) is 5.87. The molecule has 0 aromatic heterocycles. The molecular formula is C19H20ClNO2. The van der Waals surface area contributed by atoms with Crippen LogP contribution in [0, 0.1) is 0 Å². The summed E-state index contributed by atoms with van der Waals surface area (Å²) in [7, 11) is 0. The van der Waals surface area contributed by atoms with Gasteiger partial charge in [0.2, 0.25) is 0 Å². The second kappa shape index (κ2) is 7.05. The van der Waals surface area contributed by atoms with Gasteiger partial charge in [-0.3, -0.25) is 4.79 Å². The molecule has 2 aromatic rings. The van der Waals surface area contributed by atoms with Crippen molar-refractivity contribution in [1.29, 1.82) is 0 Å². The summed E-state index contributed by atoms with van der Waals surface area (Å²) >= 11 is 5.94. The number of aryl methyl sites for hydroxylation is 1. The molecule has 1 amide bonds. The van der Waals surface area contributed by atoms with Crippen molar-refractivity contribution >= 4 is 17.5 Å². The fraction of sp³-hybridized carbons (Fsp3) is 0.316. The number of ether oxygens (including phenoxy) is 1. The van der Waals surface area contributed by atoms with E-state index >= 15 is 0 Å². The Morgan fingerprint density at radius 3 is 2.91 bits per heavy atom. The van der Waals surface area contributed by atoms with Gasteiger partial charge in [0.05, 0.1) is 6.04 Å². The monoisotopic (exact) mass is 329 g/mol. The SMILES string of the molecule is CC(Oc1cccc(Cl)c1)C(=O)NC1CCCc2ccccc21. The lowest BCUT2D eigenvalue weighted by Gasteiger charge is -2.27. The molecule has 1 aliphatic carbocycles. The highest BCUT2D eigenvalue weighted by molar-refractivity contribution is 6.30. The van der Waals surface area contributed by atoms with E-state index in [1.807, 2.05) is 12.1 Å². The van der Waals surface area contributed by atoms with Crippen LogP contribution in [0.5, 0.6) is 5.75 Å². The average Bonchev–Trinajstić information content (AvgIpc) is 2.55. The van der Waals surface area contributed by atoms with Gasteiger partial charge in [0, 0.05) is 5.02 Å². The highest BCUT2D eigenvalue weighted by Crippen LogP contribution is 2.29.